The lowest BCUT2D eigenvalue weighted by Gasteiger charge is -2.37. The number of piperazine rings is 1. The summed E-state index contributed by atoms with van der Waals surface area (Å²) in [6, 6.07) is 5.56. The van der Waals surface area contributed by atoms with E-state index in [1.165, 1.54) is 5.56 Å². The fourth-order valence-electron chi connectivity index (χ4n) is 3.99. The molecule has 2 aliphatic heterocycles. The predicted molar refractivity (Wildman–Crippen MR) is 119 cm³/mol. The van der Waals surface area contributed by atoms with E-state index >= 15 is 0 Å². The lowest BCUT2D eigenvalue weighted by Crippen LogP contribution is -2.56. The van der Waals surface area contributed by atoms with Crippen LogP contribution >= 0.6 is 0 Å². The molecule has 0 unspecified atom stereocenters. The molecule has 2 aliphatic rings. The van der Waals surface area contributed by atoms with Gasteiger partial charge in [-0.25, -0.2) is 0 Å². The third-order valence-electron chi connectivity index (χ3n) is 5.88. The van der Waals surface area contributed by atoms with Crippen LogP contribution in [0, 0.1) is 5.92 Å². The molecule has 1 atom stereocenters. The number of amides is 2. The van der Waals surface area contributed by atoms with E-state index in [0.29, 0.717) is 26.1 Å². The number of rotatable bonds is 10. The maximum Gasteiger partial charge on any atom is 0.245 e. The van der Waals surface area contributed by atoms with Crippen LogP contribution in [0.2, 0.25) is 0 Å². The molecule has 0 radical (unpaired) electrons. The fourth-order valence-corrected chi connectivity index (χ4v) is 3.99. The minimum atomic E-state index is -0.470. The lowest BCUT2D eigenvalue weighted by molar-refractivity contribution is -0.139. The number of carbonyl (C=O) groups excluding carboxylic acids is 2. The third-order valence-corrected chi connectivity index (χ3v) is 5.88. The van der Waals surface area contributed by atoms with Gasteiger partial charge in [-0.05, 0) is 43.0 Å². The number of fused-ring (bicyclic) bond motifs is 1. The molecule has 1 saturated heterocycles. The van der Waals surface area contributed by atoms with Crippen molar-refractivity contribution in [2.45, 2.75) is 52.1 Å². The van der Waals surface area contributed by atoms with Gasteiger partial charge >= 0.3 is 0 Å². The van der Waals surface area contributed by atoms with Crippen molar-refractivity contribution in [1.82, 2.24) is 15.1 Å². The van der Waals surface area contributed by atoms with Gasteiger partial charge in [0, 0.05) is 39.1 Å². The topological polar surface area (TPSA) is 97.1 Å². The first-order valence-electron chi connectivity index (χ1n) is 11.4. The molecule has 8 heteroatoms. The molecule has 0 saturated carbocycles. The van der Waals surface area contributed by atoms with Gasteiger partial charge in [-0.1, -0.05) is 26.3 Å². The largest absolute Gasteiger partial charge is 0.454 e. The highest BCUT2D eigenvalue weighted by Gasteiger charge is 2.30. The van der Waals surface area contributed by atoms with Gasteiger partial charge in [-0.2, -0.15) is 0 Å². The van der Waals surface area contributed by atoms with Crippen molar-refractivity contribution in [3.05, 3.63) is 23.8 Å². The van der Waals surface area contributed by atoms with E-state index in [0.717, 1.165) is 50.4 Å². The van der Waals surface area contributed by atoms with Crippen LogP contribution in [0.4, 0.5) is 0 Å². The molecule has 0 spiro atoms. The van der Waals surface area contributed by atoms with E-state index in [4.69, 9.17) is 15.2 Å². The van der Waals surface area contributed by atoms with E-state index in [9.17, 15) is 9.59 Å². The van der Waals surface area contributed by atoms with E-state index in [1.807, 2.05) is 30.9 Å². The molecule has 2 heterocycles. The Morgan fingerprint density at radius 1 is 1.06 bits per heavy atom. The maximum atomic E-state index is 13.1. The van der Waals surface area contributed by atoms with Crippen LogP contribution in [0.15, 0.2) is 18.2 Å². The Balaban J connectivity index is 1.46. The average Bonchev–Trinajstić information content (AvgIpc) is 3.23. The summed E-state index contributed by atoms with van der Waals surface area (Å²) < 4.78 is 10.8. The number of hydrogen-bond donors (Lipinski definition) is 2. The Morgan fingerprint density at radius 2 is 1.81 bits per heavy atom. The van der Waals surface area contributed by atoms with Crippen molar-refractivity contribution in [2.24, 2.45) is 11.7 Å². The highest BCUT2D eigenvalue weighted by atomic mass is 16.7. The number of hydrogen-bond acceptors (Lipinski definition) is 6. The molecular formula is C23H36N4O4. The normalized spacial score (nSPS) is 17.1. The van der Waals surface area contributed by atoms with Gasteiger partial charge in [0.1, 0.15) is 6.04 Å². The second-order valence-corrected chi connectivity index (χ2v) is 8.68. The van der Waals surface area contributed by atoms with Crippen LogP contribution in [0.3, 0.4) is 0 Å². The Morgan fingerprint density at radius 3 is 2.52 bits per heavy atom. The number of ether oxygens (including phenoxy) is 2. The summed E-state index contributed by atoms with van der Waals surface area (Å²) in [5.41, 5.74) is 6.67. The first-order valence-corrected chi connectivity index (χ1v) is 11.4. The number of nitrogens with one attached hydrogen (secondary N) is 1. The van der Waals surface area contributed by atoms with Crippen LogP contribution in [-0.2, 0) is 16.1 Å². The standard InChI is InChI=1S/C23H36N4O4/c1-17(2)22(25-21(28)6-4-3-5-9-24)23(29)27-12-10-26(11-13-27)15-18-7-8-19-20(14-18)31-16-30-19/h7-8,14,17,22H,3-6,9-13,15-16,24H2,1-2H3,(H,25,28)/t22-/m0/s1. The van der Waals surface area contributed by atoms with E-state index in [2.05, 4.69) is 16.3 Å². The number of carbonyl (C=O) groups is 2. The third kappa shape index (κ3) is 6.58. The van der Waals surface area contributed by atoms with Gasteiger partial charge in [0.25, 0.3) is 0 Å². The van der Waals surface area contributed by atoms with E-state index in [1.54, 1.807) is 0 Å². The summed E-state index contributed by atoms with van der Waals surface area (Å²) in [7, 11) is 0. The molecule has 31 heavy (non-hydrogen) atoms. The maximum absolute atomic E-state index is 13.1. The first kappa shape index (κ1) is 23.3. The summed E-state index contributed by atoms with van der Waals surface area (Å²) in [5.74, 6) is 1.61. The number of unbranched alkanes of at least 4 members (excludes halogenated alkanes) is 2. The van der Waals surface area contributed by atoms with Crippen molar-refractivity contribution in [3.8, 4) is 11.5 Å². The Labute approximate surface area is 185 Å². The average molecular weight is 433 g/mol. The molecule has 0 bridgehead atoms. The molecule has 1 aromatic carbocycles. The second kappa shape index (κ2) is 11.3. The molecule has 0 aliphatic carbocycles. The zero-order valence-corrected chi connectivity index (χ0v) is 18.8. The number of nitrogens with zero attached hydrogens (tertiary/aromatic N) is 2. The van der Waals surface area contributed by atoms with Gasteiger partial charge in [0.05, 0.1) is 0 Å². The van der Waals surface area contributed by atoms with Gasteiger partial charge in [-0.15, -0.1) is 0 Å². The highest BCUT2D eigenvalue weighted by Crippen LogP contribution is 2.32. The monoisotopic (exact) mass is 432 g/mol. The Bertz CT molecular complexity index is 747. The zero-order valence-electron chi connectivity index (χ0n) is 18.8. The Hall–Kier alpha value is -2.32. The van der Waals surface area contributed by atoms with E-state index < -0.39 is 6.04 Å². The summed E-state index contributed by atoms with van der Waals surface area (Å²) >= 11 is 0. The van der Waals surface area contributed by atoms with Crippen LogP contribution in [0.5, 0.6) is 11.5 Å². The van der Waals surface area contributed by atoms with Crippen LogP contribution in [0.25, 0.3) is 0 Å². The minimum Gasteiger partial charge on any atom is -0.454 e. The summed E-state index contributed by atoms with van der Waals surface area (Å²) in [6.07, 6.45) is 3.12. The van der Waals surface area contributed by atoms with Crippen LogP contribution < -0.4 is 20.5 Å². The van der Waals surface area contributed by atoms with Crippen LogP contribution in [-0.4, -0.2) is 67.2 Å². The van der Waals surface area contributed by atoms with Crippen LogP contribution in [0.1, 0.15) is 45.1 Å². The van der Waals surface area contributed by atoms with Gasteiger partial charge in [0.2, 0.25) is 18.6 Å². The molecule has 3 rings (SSSR count). The highest BCUT2D eigenvalue weighted by molar-refractivity contribution is 5.88. The van der Waals surface area contributed by atoms with Crippen molar-refractivity contribution >= 4 is 11.8 Å². The predicted octanol–water partition coefficient (Wildman–Crippen LogP) is 1.72. The number of nitrogens with two attached hydrogens (primary N) is 1. The van der Waals surface area contributed by atoms with E-state index in [-0.39, 0.29) is 24.5 Å². The van der Waals surface area contributed by atoms with Crippen molar-refractivity contribution in [3.63, 3.8) is 0 Å². The smallest absolute Gasteiger partial charge is 0.245 e. The molecule has 1 fully saturated rings. The lowest BCUT2D eigenvalue weighted by atomic mass is 10.0. The molecule has 172 valence electrons. The summed E-state index contributed by atoms with van der Waals surface area (Å²) in [4.78, 5) is 29.6. The first-order chi connectivity index (χ1) is 15.0. The molecule has 1 aromatic rings. The fraction of sp³-hybridized carbons (Fsp3) is 0.652. The van der Waals surface area contributed by atoms with Crippen molar-refractivity contribution < 1.29 is 19.1 Å². The summed E-state index contributed by atoms with van der Waals surface area (Å²) in [5, 5.41) is 2.96. The molecular weight excluding hydrogens is 396 g/mol. The molecule has 2 amide bonds. The Kier molecular flexibility index (Phi) is 8.54. The van der Waals surface area contributed by atoms with Gasteiger partial charge in [-0.3, -0.25) is 14.5 Å². The van der Waals surface area contributed by atoms with Gasteiger partial charge in [0.15, 0.2) is 11.5 Å². The molecule has 8 nitrogen and oxygen atoms in total. The number of benzene rings is 1. The molecule has 0 aromatic heterocycles. The van der Waals surface area contributed by atoms with Crippen molar-refractivity contribution in [1.29, 1.82) is 0 Å². The molecule has 3 N–H and O–H groups in total. The second-order valence-electron chi connectivity index (χ2n) is 8.68. The van der Waals surface area contributed by atoms with Gasteiger partial charge < -0.3 is 25.4 Å². The zero-order chi connectivity index (χ0) is 22.2. The quantitative estimate of drug-likeness (QED) is 0.547. The van der Waals surface area contributed by atoms with Crippen molar-refractivity contribution in [2.75, 3.05) is 39.5 Å². The SMILES string of the molecule is CC(C)[C@H](NC(=O)CCCCCN)C(=O)N1CCN(Cc2ccc3c(c2)OCO3)CC1. The minimum absolute atomic E-state index is 0.0213. The summed E-state index contributed by atoms with van der Waals surface area (Å²) in [6.45, 7) is 8.64.